The fraction of sp³-hybridized carbons (Fsp3) is 0.0625. The minimum atomic E-state index is 0. The summed E-state index contributed by atoms with van der Waals surface area (Å²) in [4.78, 5) is 8.80. The average Bonchev–Trinajstić information content (AvgIpc) is 3.82. The zero-order valence-corrected chi connectivity index (χ0v) is 23.7. The zero-order chi connectivity index (χ0) is 28.5. The molecule has 0 saturated heterocycles. The van der Waals surface area contributed by atoms with Gasteiger partial charge in [0.05, 0.1) is 26.0 Å². The maximum Gasteiger partial charge on any atom is 2.00 e. The Morgan fingerprint density at radius 1 is 0.558 bits per heavy atom. The molecule has 43 heavy (non-hydrogen) atoms. The number of rotatable bonds is 4. The van der Waals surface area contributed by atoms with Gasteiger partial charge in [-0.1, -0.05) is 72.0 Å². The molecular weight excluding hydrogens is 600 g/mol. The van der Waals surface area contributed by atoms with E-state index in [4.69, 9.17) is 27.8 Å². The van der Waals surface area contributed by atoms with Crippen LogP contribution in [0.5, 0.6) is 11.5 Å². The number of benzene rings is 4. The number of ether oxygens (including phenoxy) is 4. The number of hydrogen-bond donors (Lipinski definition) is 0. The van der Waals surface area contributed by atoms with E-state index in [0.717, 1.165) is 22.4 Å². The summed E-state index contributed by atoms with van der Waals surface area (Å²) in [7, 11) is 3.08. The van der Waals surface area contributed by atoms with Gasteiger partial charge in [0, 0.05) is 0 Å². The first-order valence-corrected chi connectivity index (χ1v) is 13.0. The fourth-order valence-corrected chi connectivity index (χ4v) is 4.41. The van der Waals surface area contributed by atoms with Gasteiger partial charge in [-0.05, 0) is 36.4 Å². The second-order valence-electron chi connectivity index (χ2n) is 9.01. The van der Waals surface area contributed by atoms with Gasteiger partial charge in [0.2, 0.25) is 11.5 Å². The Morgan fingerprint density at radius 2 is 0.953 bits per heavy atom. The standard InChI is InChI=1S/2C16H11N2O3.Cu/c2*1-19-14(15-17-10-6-2-4-8-12(10)20-15)16-18-11-7-3-5-9-13(11)21-16;/h2*2-9H,1H3;/q2*-1;+2/b2*15-14-;. The van der Waals surface area contributed by atoms with Gasteiger partial charge in [-0.2, -0.15) is 0 Å². The predicted octanol–water partition coefficient (Wildman–Crippen LogP) is 8.39. The van der Waals surface area contributed by atoms with Crippen molar-refractivity contribution >= 4 is 45.1 Å². The van der Waals surface area contributed by atoms with Gasteiger partial charge in [-0.15, -0.1) is 0 Å². The van der Waals surface area contributed by atoms with Crippen LogP contribution in [0.1, 0.15) is 11.8 Å². The van der Waals surface area contributed by atoms with Crippen LogP contribution in [0.15, 0.2) is 118 Å². The fourth-order valence-electron chi connectivity index (χ4n) is 4.41. The van der Waals surface area contributed by atoms with Crippen LogP contribution in [0.3, 0.4) is 0 Å². The van der Waals surface area contributed by atoms with E-state index >= 15 is 0 Å². The third kappa shape index (κ3) is 5.34. The van der Waals surface area contributed by atoms with E-state index in [1.807, 2.05) is 97.1 Å². The number of hydrogen-bond acceptors (Lipinski definition) is 8. The smallest absolute Gasteiger partial charge is 0.621 e. The van der Waals surface area contributed by atoms with Crippen molar-refractivity contribution in [2.75, 3.05) is 14.2 Å². The maximum atomic E-state index is 5.70. The number of oxazole rings is 2. The minimum absolute atomic E-state index is 0. The number of fused-ring (bicyclic) bond motifs is 4. The van der Waals surface area contributed by atoms with E-state index in [1.165, 1.54) is 0 Å². The molecule has 11 heteroatoms. The van der Waals surface area contributed by atoms with Crippen molar-refractivity contribution < 1.29 is 44.9 Å². The molecule has 0 bridgehead atoms. The van der Waals surface area contributed by atoms with Gasteiger partial charge < -0.3 is 38.4 Å². The molecule has 2 aliphatic rings. The van der Waals surface area contributed by atoms with Crippen LogP contribution in [0, 0.1) is 0 Å². The Hall–Kier alpha value is -5.38. The summed E-state index contributed by atoms with van der Waals surface area (Å²) in [6.07, 6.45) is 0. The van der Waals surface area contributed by atoms with Crippen LogP contribution in [-0.2, 0) is 26.5 Å². The van der Waals surface area contributed by atoms with Crippen LogP contribution < -0.4 is 9.47 Å². The van der Waals surface area contributed by atoms with Crippen LogP contribution in [-0.4, -0.2) is 24.2 Å². The van der Waals surface area contributed by atoms with Gasteiger partial charge in [0.15, 0.2) is 11.2 Å². The molecule has 1 radical (unpaired) electrons. The van der Waals surface area contributed by atoms with Crippen molar-refractivity contribution in [3.05, 3.63) is 131 Å². The molecule has 4 heterocycles. The molecule has 0 spiro atoms. The number of para-hydroxylation sites is 8. The third-order valence-electron chi connectivity index (χ3n) is 6.36. The molecule has 2 aromatic heterocycles. The topological polar surface area (TPSA) is 117 Å². The molecule has 0 unspecified atom stereocenters. The second kappa shape index (κ2) is 11.8. The monoisotopic (exact) mass is 621 g/mol. The van der Waals surface area contributed by atoms with E-state index in [-0.39, 0.29) is 17.1 Å². The minimum Gasteiger partial charge on any atom is -0.621 e. The predicted molar refractivity (Wildman–Crippen MR) is 156 cm³/mol. The van der Waals surface area contributed by atoms with Crippen LogP contribution >= 0.6 is 0 Å². The van der Waals surface area contributed by atoms with Crippen molar-refractivity contribution in [1.29, 1.82) is 0 Å². The average molecular weight is 622 g/mol. The third-order valence-corrected chi connectivity index (χ3v) is 6.36. The molecule has 0 atom stereocenters. The molecule has 6 aromatic rings. The summed E-state index contributed by atoms with van der Waals surface area (Å²) in [6.45, 7) is 0. The summed E-state index contributed by atoms with van der Waals surface area (Å²) in [5.74, 6) is 3.55. The van der Waals surface area contributed by atoms with Crippen molar-refractivity contribution in [2.45, 2.75) is 0 Å². The molecule has 10 nitrogen and oxygen atoms in total. The Balaban J connectivity index is 0.000000150. The molecular formula is C32H22CuN4O6. The first-order chi connectivity index (χ1) is 20.7. The van der Waals surface area contributed by atoms with Crippen LogP contribution in [0.4, 0.5) is 11.4 Å². The van der Waals surface area contributed by atoms with Crippen molar-refractivity contribution in [3.63, 3.8) is 0 Å². The molecule has 0 N–H and O–H groups in total. The summed E-state index contributed by atoms with van der Waals surface area (Å²) in [5, 5.41) is 8.80. The van der Waals surface area contributed by atoms with E-state index < -0.39 is 0 Å². The largest absolute Gasteiger partial charge is 2.00 e. The summed E-state index contributed by atoms with van der Waals surface area (Å²) < 4.78 is 33.6. The van der Waals surface area contributed by atoms with E-state index in [1.54, 1.807) is 14.2 Å². The number of aromatic nitrogens is 2. The Bertz CT molecular complexity index is 1730. The van der Waals surface area contributed by atoms with Gasteiger partial charge in [0.25, 0.3) is 11.8 Å². The number of methoxy groups -OCH3 is 2. The normalized spacial score (nSPS) is 14.9. The van der Waals surface area contributed by atoms with Gasteiger partial charge in [-0.3, -0.25) is 0 Å². The first-order valence-electron chi connectivity index (χ1n) is 13.0. The molecule has 0 aliphatic carbocycles. The Morgan fingerprint density at radius 3 is 1.35 bits per heavy atom. The molecule has 0 saturated carbocycles. The summed E-state index contributed by atoms with van der Waals surface area (Å²) >= 11 is 0. The summed E-state index contributed by atoms with van der Waals surface area (Å²) in [5.41, 5.74) is 4.43. The molecule has 4 aromatic carbocycles. The Kier molecular flexibility index (Phi) is 7.65. The molecule has 2 aliphatic heterocycles. The molecule has 217 valence electrons. The van der Waals surface area contributed by atoms with Crippen molar-refractivity contribution in [2.24, 2.45) is 0 Å². The van der Waals surface area contributed by atoms with Crippen molar-refractivity contribution in [1.82, 2.24) is 9.97 Å². The van der Waals surface area contributed by atoms with Crippen molar-refractivity contribution in [3.8, 4) is 11.5 Å². The Labute approximate surface area is 256 Å². The van der Waals surface area contributed by atoms with E-state index in [2.05, 4.69) is 20.6 Å². The maximum absolute atomic E-state index is 5.70. The SMILES string of the molecule is CO/C(=C1/[N-]c2ccccc2O1)c1nc2ccccc2o1.CO/C(=C1/[N-]c2ccccc2O1)c1nc2ccccc2o1.[Cu+2]. The van der Waals surface area contributed by atoms with E-state index in [0.29, 0.717) is 57.7 Å². The van der Waals surface area contributed by atoms with Crippen LogP contribution in [0.25, 0.3) is 44.4 Å². The first kappa shape index (κ1) is 27.8. The van der Waals surface area contributed by atoms with E-state index in [9.17, 15) is 0 Å². The quantitative estimate of drug-likeness (QED) is 0.142. The van der Waals surface area contributed by atoms with Gasteiger partial charge >= 0.3 is 17.1 Å². The molecule has 8 rings (SSSR count). The van der Waals surface area contributed by atoms with Gasteiger partial charge in [0.1, 0.15) is 22.5 Å². The van der Waals surface area contributed by atoms with Crippen LogP contribution in [0.2, 0.25) is 0 Å². The molecule has 0 amide bonds. The summed E-state index contributed by atoms with van der Waals surface area (Å²) in [6, 6.07) is 30.1. The van der Waals surface area contributed by atoms with Gasteiger partial charge in [-0.25, -0.2) is 9.97 Å². The number of nitrogens with zero attached hydrogens (tertiary/aromatic N) is 4. The zero-order valence-electron chi connectivity index (χ0n) is 22.8. The second-order valence-corrected chi connectivity index (χ2v) is 9.01. The molecule has 0 fully saturated rings.